The maximum atomic E-state index is 12.8. The topological polar surface area (TPSA) is 92.3 Å². The average Bonchev–Trinajstić information content (AvgIpc) is 2.99. The first kappa shape index (κ1) is 18.3. The molecule has 0 spiro atoms. The van der Waals surface area contributed by atoms with E-state index in [0.717, 1.165) is 16.9 Å². The molecule has 0 aliphatic carbocycles. The van der Waals surface area contributed by atoms with Gasteiger partial charge in [-0.3, -0.25) is 9.10 Å². The maximum Gasteiger partial charge on any atom is 0.293 e. The molecule has 0 atom stereocenters. The predicted octanol–water partition coefficient (Wildman–Crippen LogP) is 2.66. The SMILES string of the molecule is CCN(c1ccc(C)cc1)S(=O)(=O)c1nnc(NC(=O)C(C)C)s1. The van der Waals surface area contributed by atoms with Gasteiger partial charge in [-0.05, 0) is 26.0 Å². The van der Waals surface area contributed by atoms with E-state index < -0.39 is 10.0 Å². The highest BCUT2D eigenvalue weighted by atomic mass is 32.2. The molecule has 1 aromatic heterocycles. The van der Waals surface area contributed by atoms with Crippen LogP contribution in [0.1, 0.15) is 26.3 Å². The highest BCUT2D eigenvalue weighted by Gasteiger charge is 2.28. The summed E-state index contributed by atoms with van der Waals surface area (Å²) in [6.07, 6.45) is 0. The fraction of sp³-hybridized carbons (Fsp3) is 0.400. The quantitative estimate of drug-likeness (QED) is 0.791. The number of amides is 1. The van der Waals surface area contributed by atoms with Crippen LogP contribution in [0, 0.1) is 12.8 Å². The van der Waals surface area contributed by atoms with Gasteiger partial charge in [0.05, 0.1) is 5.69 Å². The van der Waals surface area contributed by atoms with Crippen LogP contribution in [0.25, 0.3) is 0 Å². The van der Waals surface area contributed by atoms with Gasteiger partial charge in [-0.25, -0.2) is 0 Å². The van der Waals surface area contributed by atoms with Crippen LogP contribution in [-0.4, -0.2) is 31.1 Å². The molecule has 0 saturated carbocycles. The molecule has 0 bridgehead atoms. The normalized spacial score (nSPS) is 11.5. The summed E-state index contributed by atoms with van der Waals surface area (Å²) in [6.45, 7) is 7.43. The number of aryl methyl sites for hydroxylation is 1. The van der Waals surface area contributed by atoms with E-state index in [4.69, 9.17) is 0 Å². The molecule has 0 saturated heterocycles. The lowest BCUT2D eigenvalue weighted by atomic mass is 10.2. The molecule has 2 rings (SSSR count). The largest absolute Gasteiger partial charge is 0.300 e. The Kier molecular flexibility index (Phi) is 5.55. The Morgan fingerprint density at radius 1 is 1.25 bits per heavy atom. The molecule has 1 amide bonds. The fourth-order valence-corrected chi connectivity index (χ4v) is 4.39. The fourth-order valence-electron chi connectivity index (χ4n) is 1.91. The molecule has 1 heterocycles. The number of benzene rings is 1. The Bertz CT molecular complexity index is 813. The molecule has 7 nitrogen and oxygen atoms in total. The van der Waals surface area contributed by atoms with Gasteiger partial charge < -0.3 is 5.32 Å². The first-order valence-corrected chi connectivity index (χ1v) is 9.75. The monoisotopic (exact) mass is 368 g/mol. The highest BCUT2D eigenvalue weighted by molar-refractivity contribution is 7.94. The van der Waals surface area contributed by atoms with Crippen LogP contribution in [0.15, 0.2) is 28.6 Å². The van der Waals surface area contributed by atoms with Gasteiger partial charge in [0.15, 0.2) is 0 Å². The summed E-state index contributed by atoms with van der Waals surface area (Å²) in [5.74, 6) is -0.463. The van der Waals surface area contributed by atoms with E-state index >= 15 is 0 Å². The first-order valence-electron chi connectivity index (χ1n) is 7.49. The number of hydrogen-bond acceptors (Lipinski definition) is 6. The molecule has 0 unspecified atom stereocenters. The van der Waals surface area contributed by atoms with Crippen molar-refractivity contribution >= 4 is 38.1 Å². The molecule has 9 heteroatoms. The molecule has 0 fully saturated rings. The van der Waals surface area contributed by atoms with E-state index in [1.165, 1.54) is 4.31 Å². The van der Waals surface area contributed by atoms with Crippen LogP contribution in [0.5, 0.6) is 0 Å². The zero-order valence-corrected chi connectivity index (χ0v) is 15.6. The number of aromatic nitrogens is 2. The number of sulfonamides is 1. The number of nitrogens with one attached hydrogen (secondary N) is 1. The lowest BCUT2D eigenvalue weighted by Crippen LogP contribution is -2.30. The van der Waals surface area contributed by atoms with Crippen LogP contribution < -0.4 is 9.62 Å². The van der Waals surface area contributed by atoms with Crippen molar-refractivity contribution in [2.75, 3.05) is 16.2 Å². The van der Waals surface area contributed by atoms with Gasteiger partial charge in [-0.2, -0.15) is 8.42 Å². The van der Waals surface area contributed by atoms with E-state index in [0.29, 0.717) is 5.69 Å². The van der Waals surface area contributed by atoms with Crippen LogP contribution in [-0.2, 0) is 14.8 Å². The first-order chi connectivity index (χ1) is 11.3. The van der Waals surface area contributed by atoms with Gasteiger partial charge in [0.25, 0.3) is 14.4 Å². The summed E-state index contributed by atoms with van der Waals surface area (Å²) in [5, 5.41) is 10.2. The molecular formula is C15H20N4O3S2. The lowest BCUT2D eigenvalue weighted by Gasteiger charge is -2.21. The van der Waals surface area contributed by atoms with E-state index in [1.807, 2.05) is 19.1 Å². The molecule has 0 aliphatic heterocycles. The molecular weight excluding hydrogens is 348 g/mol. The second kappa shape index (κ2) is 7.27. The van der Waals surface area contributed by atoms with Crippen LogP contribution in [0.2, 0.25) is 0 Å². The van der Waals surface area contributed by atoms with Crippen molar-refractivity contribution in [2.24, 2.45) is 5.92 Å². The average molecular weight is 368 g/mol. The third-order valence-electron chi connectivity index (χ3n) is 3.28. The maximum absolute atomic E-state index is 12.8. The van der Waals surface area contributed by atoms with Crippen molar-refractivity contribution in [3.63, 3.8) is 0 Å². The third-order valence-corrected chi connectivity index (χ3v) is 6.37. The molecule has 0 radical (unpaired) electrons. The minimum absolute atomic E-state index is 0.149. The van der Waals surface area contributed by atoms with Gasteiger partial charge in [0, 0.05) is 12.5 Å². The molecule has 130 valence electrons. The van der Waals surface area contributed by atoms with Crippen LogP contribution >= 0.6 is 11.3 Å². The summed E-state index contributed by atoms with van der Waals surface area (Å²) in [7, 11) is -3.83. The standard InChI is InChI=1S/C15H20N4O3S2/c1-5-19(12-8-6-11(4)7-9-12)24(21,22)15-18-17-14(23-15)16-13(20)10(2)3/h6-10H,5H2,1-4H3,(H,16,17,20). The number of rotatable bonds is 6. The molecule has 0 aliphatic rings. The molecule has 2 aromatic rings. The number of carbonyl (C=O) groups excluding carboxylic acids is 1. The van der Waals surface area contributed by atoms with Gasteiger partial charge in [-0.15, -0.1) is 10.2 Å². The van der Waals surface area contributed by atoms with Crippen molar-refractivity contribution in [1.29, 1.82) is 0 Å². The van der Waals surface area contributed by atoms with Crippen molar-refractivity contribution in [3.05, 3.63) is 29.8 Å². The second-order valence-corrected chi connectivity index (χ2v) is 8.54. The smallest absolute Gasteiger partial charge is 0.293 e. The van der Waals surface area contributed by atoms with E-state index in [1.54, 1.807) is 32.9 Å². The minimum atomic E-state index is -3.83. The van der Waals surface area contributed by atoms with Crippen LogP contribution in [0.3, 0.4) is 0 Å². The Balaban J connectivity index is 2.30. The third kappa shape index (κ3) is 3.90. The summed E-state index contributed by atoms with van der Waals surface area (Å²) in [5.41, 5.74) is 1.60. The Morgan fingerprint density at radius 3 is 2.42 bits per heavy atom. The van der Waals surface area contributed by atoms with Gasteiger partial charge in [-0.1, -0.05) is 42.9 Å². The van der Waals surface area contributed by atoms with Gasteiger partial charge in [0.2, 0.25) is 11.0 Å². The Hall–Kier alpha value is -2.00. The van der Waals surface area contributed by atoms with Crippen molar-refractivity contribution < 1.29 is 13.2 Å². The lowest BCUT2D eigenvalue weighted by molar-refractivity contribution is -0.118. The van der Waals surface area contributed by atoms with Crippen molar-refractivity contribution in [1.82, 2.24) is 10.2 Å². The summed E-state index contributed by atoms with van der Waals surface area (Å²) < 4.78 is 26.7. The summed E-state index contributed by atoms with van der Waals surface area (Å²) in [4.78, 5) is 11.7. The molecule has 24 heavy (non-hydrogen) atoms. The minimum Gasteiger partial charge on any atom is -0.300 e. The molecule has 1 aromatic carbocycles. The number of anilines is 2. The predicted molar refractivity (Wildman–Crippen MR) is 94.8 cm³/mol. The van der Waals surface area contributed by atoms with Crippen molar-refractivity contribution in [2.45, 2.75) is 32.0 Å². The van der Waals surface area contributed by atoms with Gasteiger partial charge in [0.1, 0.15) is 0 Å². The summed E-state index contributed by atoms with van der Waals surface area (Å²) in [6, 6.07) is 7.20. The van der Waals surface area contributed by atoms with E-state index in [2.05, 4.69) is 15.5 Å². The van der Waals surface area contributed by atoms with Crippen LogP contribution in [0.4, 0.5) is 10.8 Å². The number of nitrogens with zero attached hydrogens (tertiary/aromatic N) is 3. The zero-order valence-electron chi connectivity index (χ0n) is 14.0. The zero-order chi connectivity index (χ0) is 17.9. The second-order valence-electron chi connectivity index (χ2n) is 5.52. The Labute approximate surface area is 145 Å². The highest BCUT2D eigenvalue weighted by Crippen LogP contribution is 2.27. The van der Waals surface area contributed by atoms with Crippen molar-refractivity contribution in [3.8, 4) is 0 Å². The number of hydrogen-bond donors (Lipinski definition) is 1. The van der Waals surface area contributed by atoms with E-state index in [9.17, 15) is 13.2 Å². The molecule has 1 N–H and O–H groups in total. The summed E-state index contributed by atoms with van der Waals surface area (Å²) >= 11 is 0.843. The van der Waals surface area contributed by atoms with Gasteiger partial charge >= 0.3 is 0 Å². The van der Waals surface area contributed by atoms with E-state index in [-0.39, 0.29) is 27.8 Å². The Morgan fingerprint density at radius 2 is 1.88 bits per heavy atom. The number of carbonyl (C=O) groups is 1.